The normalized spacial score (nSPS) is 10.9. The van der Waals surface area contributed by atoms with Crippen LogP contribution in [0.2, 0.25) is 0 Å². The van der Waals surface area contributed by atoms with Crippen LogP contribution in [0.4, 0.5) is 5.69 Å². The van der Waals surface area contributed by atoms with Gasteiger partial charge >= 0.3 is 0 Å². The predicted molar refractivity (Wildman–Crippen MR) is 102 cm³/mol. The van der Waals surface area contributed by atoms with Crippen LogP contribution >= 0.6 is 0 Å². The second-order valence-electron chi connectivity index (χ2n) is 5.91. The molecule has 1 amide bonds. The lowest BCUT2D eigenvalue weighted by molar-refractivity contribution is -0.111. The van der Waals surface area contributed by atoms with Crippen LogP contribution in [0.5, 0.6) is 11.5 Å². The van der Waals surface area contributed by atoms with Gasteiger partial charge in [-0.05, 0) is 56.2 Å². The second kappa shape index (κ2) is 9.52. The molecule has 25 heavy (non-hydrogen) atoms. The average Bonchev–Trinajstić information content (AvgIpc) is 2.59. The number of carbonyl (C=O) groups is 1. The maximum Gasteiger partial charge on any atom is 0.248 e. The third-order valence-electron chi connectivity index (χ3n) is 3.26. The fourth-order valence-electron chi connectivity index (χ4n) is 2.22. The number of hydrogen-bond donors (Lipinski definition) is 1. The summed E-state index contributed by atoms with van der Waals surface area (Å²) in [5.74, 6) is 1.26. The number of anilines is 1. The minimum Gasteiger partial charge on any atom is -0.491 e. The van der Waals surface area contributed by atoms with E-state index in [-0.39, 0.29) is 12.0 Å². The van der Waals surface area contributed by atoms with Crippen molar-refractivity contribution in [3.8, 4) is 11.5 Å². The Bertz CT molecular complexity index is 723. The van der Waals surface area contributed by atoms with Gasteiger partial charge in [0.1, 0.15) is 11.5 Å². The molecular weight excluding hydrogens is 314 g/mol. The molecule has 0 heterocycles. The third-order valence-corrected chi connectivity index (χ3v) is 3.26. The van der Waals surface area contributed by atoms with E-state index in [1.807, 2.05) is 69.3 Å². The van der Waals surface area contributed by atoms with E-state index in [1.54, 1.807) is 6.08 Å². The molecule has 132 valence electrons. The van der Waals surface area contributed by atoms with Gasteiger partial charge in [-0.15, -0.1) is 0 Å². The summed E-state index contributed by atoms with van der Waals surface area (Å²) >= 11 is 0. The Balaban J connectivity index is 2.02. The van der Waals surface area contributed by atoms with Crippen LogP contribution in [-0.2, 0) is 4.79 Å². The topological polar surface area (TPSA) is 47.6 Å². The molecule has 0 aliphatic heterocycles. The Kier molecular flexibility index (Phi) is 7.08. The highest BCUT2D eigenvalue weighted by atomic mass is 16.5. The van der Waals surface area contributed by atoms with Gasteiger partial charge in [0.05, 0.1) is 18.4 Å². The van der Waals surface area contributed by atoms with Gasteiger partial charge in [-0.1, -0.05) is 31.2 Å². The number of ether oxygens (including phenoxy) is 2. The summed E-state index contributed by atoms with van der Waals surface area (Å²) in [6, 6.07) is 15.1. The average molecular weight is 339 g/mol. The molecule has 0 saturated carbocycles. The molecule has 4 nitrogen and oxygen atoms in total. The lowest BCUT2D eigenvalue weighted by Gasteiger charge is -2.11. The van der Waals surface area contributed by atoms with Crippen LogP contribution in [0.15, 0.2) is 54.6 Å². The lowest BCUT2D eigenvalue weighted by atomic mass is 10.2. The first-order valence-electron chi connectivity index (χ1n) is 8.56. The minimum atomic E-state index is -0.206. The van der Waals surface area contributed by atoms with Crippen LogP contribution in [0.1, 0.15) is 32.8 Å². The first kappa shape index (κ1) is 18.6. The molecule has 0 unspecified atom stereocenters. The molecule has 0 aliphatic carbocycles. The molecule has 0 radical (unpaired) electrons. The van der Waals surface area contributed by atoms with E-state index in [0.717, 1.165) is 17.7 Å². The van der Waals surface area contributed by atoms with Gasteiger partial charge in [-0.25, -0.2) is 0 Å². The molecule has 0 aromatic heterocycles. The zero-order valence-corrected chi connectivity index (χ0v) is 15.0. The number of rotatable bonds is 8. The number of hydrogen-bond acceptors (Lipinski definition) is 3. The van der Waals surface area contributed by atoms with Crippen LogP contribution in [0.25, 0.3) is 6.08 Å². The molecule has 2 rings (SSSR count). The van der Waals surface area contributed by atoms with Crippen molar-refractivity contribution < 1.29 is 14.3 Å². The van der Waals surface area contributed by atoms with Gasteiger partial charge in [-0.2, -0.15) is 0 Å². The van der Waals surface area contributed by atoms with Crippen LogP contribution in [0.3, 0.4) is 0 Å². The van der Waals surface area contributed by atoms with E-state index in [9.17, 15) is 4.79 Å². The van der Waals surface area contributed by atoms with Crippen molar-refractivity contribution >= 4 is 17.7 Å². The van der Waals surface area contributed by atoms with E-state index in [0.29, 0.717) is 18.0 Å². The molecule has 2 aromatic carbocycles. The van der Waals surface area contributed by atoms with Gasteiger partial charge in [-0.3, -0.25) is 4.79 Å². The smallest absolute Gasteiger partial charge is 0.248 e. The summed E-state index contributed by atoms with van der Waals surface area (Å²) < 4.78 is 11.3. The van der Waals surface area contributed by atoms with Crippen LogP contribution in [0, 0.1) is 0 Å². The lowest BCUT2D eigenvalue weighted by Crippen LogP contribution is -2.09. The van der Waals surface area contributed by atoms with Gasteiger partial charge < -0.3 is 14.8 Å². The first-order chi connectivity index (χ1) is 12.1. The maximum atomic E-state index is 12.2. The number of nitrogens with one attached hydrogen (secondary N) is 1. The van der Waals surface area contributed by atoms with Crippen LogP contribution < -0.4 is 14.8 Å². The highest BCUT2D eigenvalue weighted by Gasteiger charge is 2.05. The molecule has 0 saturated heterocycles. The highest BCUT2D eigenvalue weighted by Crippen LogP contribution is 2.24. The SMILES string of the molecule is CCCOc1ccccc1NC(=O)/C=C/c1cccc(OC(C)C)c1. The second-order valence-corrected chi connectivity index (χ2v) is 5.91. The van der Waals surface area contributed by atoms with Gasteiger partial charge in [0.25, 0.3) is 0 Å². The fraction of sp³-hybridized carbons (Fsp3) is 0.286. The van der Waals surface area contributed by atoms with E-state index in [2.05, 4.69) is 5.32 Å². The summed E-state index contributed by atoms with van der Waals surface area (Å²) in [6.45, 7) is 6.62. The van der Waals surface area contributed by atoms with Crippen molar-refractivity contribution in [1.82, 2.24) is 0 Å². The Labute approximate surface area is 149 Å². The molecule has 0 atom stereocenters. The highest BCUT2D eigenvalue weighted by molar-refractivity contribution is 6.02. The number of benzene rings is 2. The summed E-state index contributed by atoms with van der Waals surface area (Å²) in [4.78, 5) is 12.2. The van der Waals surface area contributed by atoms with Gasteiger partial charge in [0, 0.05) is 6.08 Å². The number of amides is 1. The molecule has 0 bridgehead atoms. The quantitative estimate of drug-likeness (QED) is 0.695. The van der Waals surface area contributed by atoms with Crippen molar-refractivity contribution in [2.75, 3.05) is 11.9 Å². The summed E-state index contributed by atoms with van der Waals surface area (Å²) in [6.07, 6.45) is 4.29. The van der Waals surface area contributed by atoms with E-state index in [1.165, 1.54) is 6.08 Å². The summed E-state index contributed by atoms with van der Waals surface area (Å²) in [5, 5.41) is 2.85. The summed E-state index contributed by atoms with van der Waals surface area (Å²) in [5.41, 5.74) is 1.58. The van der Waals surface area contributed by atoms with Crippen molar-refractivity contribution in [3.05, 3.63) is 60.2 Å². The standard InChI is InChI=1S/C21H25NO3/c1-4-14-24-20-11-6-5-10-19(20)22-21(23)13-12-17-8-7-9-18(15-17)25-16(2)3/h5-13,15-16H,4,14H2,1-3H3,(H,22,23)/b13-12+. The van der Waals surface area contributed by atoms with Crippen molar-refractivity contribution in [2.24, 2.45) is 0 Å². The fourth-order valence-corrected chi connectivity index (χ4v) is 2.22. The molecule has 0 aliphatic rings. The van der Waals surface area contributed by atoms with E-state index >= 15 is 0 Å². The first-order valence-corrected chi connectivity index (χ1v) is 8.56. The predicted octanol–water partition coefficient (Wildman–Crippen LogP) is 4.91. The summed E-state index contributed by atoms with van der Waals surface area (Å²) in [7, 11) is 0. The van der Waals surface area contributed by atoms with Crippen molar-refractivity contribution in [2.45, 2.75) is 33.3 Å². The zero-order valence-electron chi connectivity index (χ0n) is 15.0. The Morgan fingerprint density at radius 1 is 1.16 bits per heavy atom. The zero-order chi connectivity index (χ0) is 18.1. The minimum absolute atomic E-state index is 0.113. The largest absolute Gasteiger partial charge is 0.491 e. The Hall–Kier alpha value is -2.75. The van der Waals surface area contributed by atoms with Gasteiger partial charge in [0.15, 0.2) is 0 Å². The van der Waals surface area contributed by atoms with Gasteiger partial charge in [0.2, 0.25) is 5.91 Å². The maximum absolute atomic E-state index is 12.2. The molecular formula is C21H25NO3. The monoisotopic (exact) mass is 339 g/mol. The third kappa shape index (κ3) is 6.34. The van der Waals surface area contributed by atoms with E-state index in [4.69, 9.17) is 9.47 Å². The molecule has 0 fully saturated rings. The Morgan fingerprint density at radius 2 is 1.96 bits per heavy atom. The van der Waals surface area contributed by atoms with E-state index < -0.39 is 0 Å². The molecule has 4 heteroatoms. The molecule has 2 aromatic rings. The Morgan fingerprint density at radius 3 is 2.72 bits per heavy atom. The van der Waals surface area contributed by atoms with Crippen molar-refractivity contribution in [1.29, 1.82) is 0 Å². The number of carbonyl (C=O) groups excluding carboxylic acids is 1. The molecule has 0 spiro atoms. The number of para-hydroxylation sites is 2. The molecule has 1 N–H and O–H groups in total. The van der Waals surface area contributed by atoms with Crippen molar-refractivity contribution in [3.63, 3.8) is 0 Å². The van der Waals surface area contributed by atoms with Crippen LogP contribution in [-0.4, -0.2) is 18.6 Å².